The average Bonchev–Trinajstić information content (AvgIpc) is 3.14. The van der Waals surface area contributed by atoms with Gasteiger partial charge in [-0.15, -0.1) is 0 Å². The highest BCUT2D eigenvalue weighted by Crippen LogP contribution is 2.41. The Kier molecular flexibility index (Phi) is 4.71. The third-order valence-corrected chi connectivity index (χ3v) is 4.97. The lowest BCUT2D eigenvalue weighted by atomic mass is 10.0. The minimum Gasteiger partial charge on any atom is -0.491 e. The molecule has 0 aliphatic carbocycles. The molecule has 0 saturated carbocycles. The highest BCUT2D eigenvalue weighted by atomic mass is 16.5. The van der Waals surface area contributed by atoms with Crippen molar-refractivity contribution in [2.75, 3.05) is 5.32 Å². The van der Waals surface area contributed by atoms with Crippen LogP contribution in [0.15, 0.2) is 92.5 Å². The molecule has 0 aliphatic heterocycles. The molecule has 0 aliphatic rings. The van der Waals surface area contributed by atoms with Crippen molar-refractivity contribution in [3.8, 4) is 16.9 Å². The maximum atomic E-state index is 13.0. The van der Waals surface area contributed by atoms with Crippen LogP contribution in [0.4, 0.5) is 11.6 Å². The summed E-state index contributed by atoms with van der Waals surface area (Å²) in [5.74, 6) is 1.20. The zero-order chi connectivity index (χ0) is 21.4. The molecule has 2 aromatic heterocycles. The smallest absolute Gasteiger partial charge is 0.348 e. The summed E-state index contributed by atoms with van der Waals surface area (Å²) in [6.07, 6.45) is 0.0345. The fourth-order valence-corrected chi connectivity index (χ4v) is 3.72. The van der Waals surface area contributed by atoms with Crippen LogP contribution in [0.25, 0.3) is 33.1 Å². The Bertz CT molecular complexity index is 1430. The zero-order valence-electron chi connectivity index (χ0n) is 17.2. The molecule has 5 heteroatoms. The van der Waals surface area contributed by atoms with Crippen molar-refractivity contribution >= 4 is 33.5 Å². The second-order valence-corrected chi connectivity index (χ2v) is 7.58. The third kappa shape index (κ3) is 3.55. The largest absolute Gasteiger partial charge is 0.491 e. The molecule has 0 atom stereocenters. The fourth-order valence-electron chi connectivity index (χ4n) is 3.72. The number of nitrogens with one attached hydrogen (secondary N) is 1. The van der Waals surface area contributed by atoms with Crippen molar-refractivity contribution in [3.63, 3.8) is 0 Å². The molecule has 0 bridgehead atoms. The van der Waals surface area contributed by atoms with Gasteiger partial charge in [0, 0.05) is 5.69 Å². The van der Waals surface area contributed by atoms with Gasteiger partial charge in [0.05, 0.1) is 17.1 Å². The Morgan fingerprint density at radius 3 is 2.45 bits per heavy atom. The third-order valence-electron chi connectivity index (χ3n) is 4.97. The van der Waals surface area contributed by atoms with E-state index >= 15 is 0 Å². The number of rotatable bonds is 5. The maximum absolute atomic E-state index is 13.0. The van der Waals surface area contributed by atoms with Gasteiger partial charge in [0.2, 0.25) is 5.88 Å². The molecule has 2 heterocycles. The molecular formula is C26H21NO4. The van der Waals surface area contributed by atoms with Crippen LogP contribution >= 0.6 is 0 Å². The van der Waals surface area contributed by atoms with E-state index in [2.05, 4.69) is 5.32 Å². The number of para-hydroxylation sites is 2. The number of ether oxygens (including phenoxy) is 1. The highest BCUT2D eigenvalue weighted by molar-refractivity contribution is 6.10. The van der Waals surface area contributed by atoms with E-state index in [1.807, 2.05) is 86.6 Å². The van der Waals surface area contributed by atoms with Crippen molar-refractivity contribution in [1.29, 1.82) is 0 Å². The van der Waals surface area contributed by atoms with Crippen molar-refractivity contribution in [1.82, 2.24) is 0 Å². The summed E-state index contributed by atoms with van der Waals surface area (Å²) in [5.41, 5.74) is 2.85. The van der Waals surface area contributed by atoms with Gasteiger partial charge in [0.1, 0.15) is 16.7 Å². The van der Waals surface area contributed by atoms with Gasteiger partial charge in [-0.2, -0.15) is 0 Å². The molecule has 1 N–H and O–H groups in total. The van der Waals surface area contributed by atoms with E-state index in [4.69, 9.17) is 13.6 Å². The number of hydrogen-bond acceptors (Lipinski definition) is 5. The number of fused-ring (bicyclic) bond motifs is 3. The molecule has 3 aromatic carbocycles. The minimum atomic E-state index is -0.441. The van der Waals surface area contributed by atoms with Crippen LogP contribution in [0.3, 0.4) is 0 Å². The quantitative estimate of drug-likeness (QED) is 0.325. The van der Waals surface area contributed by atoms with Crippen LogP contribution in [0.5, 0.6) is 5.75 Å². The first-order valence-electron chi connectivity index (χ1n) is 10.2. The van der Waals surface area contributed by atoms with Crippen LogP contribution in [0.1, 0.15) is 13.8 Å². The lowest BCUT2D eigenvalue weighted by molar-refractivity contribution is 0.242. The van der Waals surface area contributed by atoms with Gasteiger partial charge < -0.3 is 18.9 Å². The second-order valence-electron chi connectivity index (χ2n) is 7.58. The molecule has 154 valence electrons. The fraction of sp³-hybridized carbons (Fsp3) is 0.115. The number of benzene rings is 3. The minimum absolute atomic E-state index is 0.0345. The average molecular weight is 411 g/mol. The van der Waals surface area contributed by atoms with Gasteiger partial charge in [0.25, 0.3) is 0 Å². The lowest BCUT2D eigenvalue weighted by Crippen LogP contribution is -2.05. The lowest BCUT2D eigenvalue weighted by Gasteiger charge is -2.11. The molecular weight excluding hydrogens is 390 g/mol. The molecule has 0 radical (unpaired) electrons. The molecule has 0 fully saturated rings. The first kappa shape index (κ1) is 19.0. The molecule has 31 heavy (non-hydrogen) atoms. The molecule has 0 amide bonds. The zero-order valence-corrected chi connectivity index (χ0v) is 17.2. The summed E-state index contributed by atoms with van der Waals surface area (Å²) >= 11 is 0. The summed E-state index contributed by atoms with van der Waals surface area (Å²) in [7, 11) is 0. The Morgan fingerprint density at radius 2 is 1.65 bits per heavy atom. The van der Waals surface area contributed by atoms with Crippen LogP contribution in [0, 0.1) is 0 Å². The summed E-state index contributed by atoms with van der Waals surface area (Å²) in [6.45, 7) is 3.95. The number of hydrogen-bond donors (Lipinski definition) is 1. The monoisotopic (exact) mass is 411 g/mol. The molecule has 5 nitrogen and oxygen atoms in total. The standard InChI is InChI=1S/C26H21NO4/c1-16(2)29-19-12-8-9-17(15-19)22-23-24(20-13-6-7-14-21(20)30-26(23)28)31-25(22)27-18-10-4-3-5-11-18/h3-16,27H,1-2H3. The highest BCUT2D eigenvalue weighted by Gasteiger charge is 2.23. The van der Waals surface area contributed by atoms with E-state index in [0.717, 1.165) is 22.4 Å². The van der Waals surface area contributed by atoms with Crippen molar-refractivity contribution in [2.45, 2.75) is 20.0 Å². The molecule has 0 unspecified atom stereocenters. The normalized spacial score (nSPS) is 11.3. The molecule has 0 saturated heterocycles. The predicted molar refractivity (Wildman–Crippen MR) is 123 cm³/mol. The van der Waals surface area contributed by atoms with Gasteiger partial charge in [-0.3, -0.25) is 0 Å². The second kappa shape index (κ2) is 7.69. The van der Waals surface area contributed by atoms with E-state index < -0.39 is 5.63 Å². The maximum Gasteiger partial charge on any atom is 0.348 e. The first-order valence-corrected chi connectivity index (χ1v) is 10.2. The van der Waals surface area contributed by atoms with Crippen molar-refractivity contribution in [2.24, 2.45) is 0 Å². The van der Waals surface area contributed by atoms with E-state index in [1.165, 1.54) is 0 Å². The SMILES string of the molecule is CC(C)Oc1cccc(-c2c(Nc3ccccc3)oc3c2c(=O)oc2ccccc23)c1. The molecule has 5 rings (SSSR count). The Balaban J connectivity index is 1.79. The predicted octanol–water partition coefficient (Wildman–Crippen LogP) is 6.74. The Morgan fingerprint density at radius 1 is 0.871 bits per heavy atom. The van der Waals surface area contributed by atoms with Crippen LogP contribution in [0.2, 0.25) is 0 Å². The summed E-state index contributed by atoms with van der Waals surface area (Å²) in [4.78, 5) is 13.0. The number of furan rings is 1. The van der Waals surface area contributed by atoms with Gasteiger partial charge in [-0.1, -0.05) is 42.5 Å². The Labute approximate surface area is 178 Å². The van der Waals surface area contributed by atoms with Gasteiger partial charge in [-0.05, 0) is 55.8 Å². The molecule has 0 spiro atoms. The topological polar surface area (TPSA) is 64.6 Å². The van der Waals surface area contributed by atoms with Gasteiger partial charge in [-0.25, -0.2) is 4.79 Å². The van der Waals surface area contributed by atoms with Crippen LogP contribution < -0.4 is 15.7 Å². The van der Waals surface area contributed by atoms with E-state index in [0.29, 0.717) is 28.0 Å². The van der Waals surface area contributed by atoms with Crippen LogP contribution in [-0.2, 0) is 0 Å². The summed E-state index contributed by atoms with van der Waals surface area (Å²) in [5, 5.41) is 4.47. The van der Waals surface area contributed by atoms with E-state index in [-0.39, 0.29) is 6.10 Å². The molecule has 5 aromatic rings. The van der Waals surface area contributed by atoms with Gasteiger partial charge >= 0.3 is 5.63 Å². The summed E-state index contributed by atoms with van der Waals surface area (Å²) < 4.78 is 17.8. The van der Waals surface area contributed by atoms with E-state index in [1.54, 1.807) is 6.07 Å². The van der Waals surface area contributed by atoms with Gasteiger partial charge in [0.15, 0.2) is 5.58 Å². The summed E-state index contributed by atoms with van der Waals surface area (Å²) in [6, 6.07) is 24.7. The van der Waals surface area contributed by atoms with E-state index in [9.17, 15) is 4.79 Å². The first-order chi connectivity index (χ1) is 15.1. The van der Waals surface area contributed by atoms with Crippen molar-refractivity contribution in [3.05, 3.63) is 89.3 Å². The van der Waals surface area contributed by atoms with Crippen molar-refractivity contribution < 1.29 is 13.6 Å². The Hall–Kier alpha value is -3.99. The number of anilines is 2. The van der Waals surface area contributed by atoms with Crippen LogP contribution in [-0.4, -0.2) is 6.10 Å².